The number of rotatable bonds is 6. The zero-order chi connectivity index (χ0) is 21.5. The van der Waals surface area contributed by atoms with Gasteiger partial charge >= 0.3 is 6.09 Å². The third-order valence-electron chi connectivity index (χ3n) is 5.02. The summed E-state index contributed by atoms with van der Waals surface area (Å²) in [5, 5.41) is 6.57. The van der Waals surface area contributed by atoms with Gasteiger partial charge in [-0.1, -0.05) is 31.1 Å². The van der Waals surface area contributed by atoms with E-state index >= 15 is 0 Å². The third-order valence-corrected chi connectivity index (χ3v) is 5.02. The molecule has 0 aliphatic carbocycles. The Balaban J connectivity index is 1.54. The van der Waals surface area contributed by atoms with Crippen molar-refractivity contribution in [1.82, 2.24) is 9.97 Å². The molecule has 1 aliphatic heterocycles. The number of nitrogens with zero attached hydrogens (tertiary/aromatic N) is 4. The van der Waals surface area contributed by atoms with Crippen LogP contribution in [-0.4, -0.2) is 48.6 Å². The average Bonchev–Trinajstić information content (AvgIpc) is 2.73. The monoisotopic (exact) mass is 412 g/mol. The van der Waals surface area contributed by atoms with Crippen molar-refractivity contribution in [3.8, 4) is 0 Å². The summed E-state index contributed by atoms with van der Waals surface area (Å²) in [5.41, 5.74) is 8.52. The molecule has 3 N–H and O–H groups in total. The van der Waals surface area contributed by atoms with Crippen molar-refractivity contribution in [2.24, 2.45) is 5.16 Å². The predicted molar refractivity (Wildman–Crippen MR) is 117 cm³/mol. The molecule has 3 rings (SSSR count). The van der Waals surface area contributed by atoms with Crippen molar-refractivity contribution in [3.05, 3.63) is 41.7 Å². The number of benzene rings is 1. The van der Waals surface area contributed by atoms with Crippen molar-refractivity contribution in [2.75, 3.05) is 36.1 Å². The second-order valence-electron chi connectivity index (χ2n) is 7.41. The summed E-state index contributed by atoms with van der Waals surface area (Å²) in [5.74, 6) is 1.47. The highest BCUT2D eigenvalue weighted by atomic mass is 16.6. The van der Waals surface area contributed by atoms with Gasteiger partial charge in [0.25, 0.3) is 0 Å². The number of nitrogen functional groups attached to an aromatic ring is 1. The molecule has 2 heterocycles. The van der Waals surface area contributed by atoms with Crippen molar-refractivity contribution in [3.63, 3.8) is 0 Å². The maximum Gasteiger partial charge on any atom is 0.411 e. The van der Waals surface area contributed by atoms with Crippen LogP contribution in [0.2, 0.25) is 0 Å². The van der Waals surface area contributed by atoms with Crippen LogP contribution in [-0.2, 0) is 9.57 Å². The van der Waals surface area contributed by atoms with Gasteiger partial charge < -0.3 is 20.2 Å². The zero-order valence-corrected chi connectivity index (χ0v) is 17.5. The van der Waals surface area contributed by atoms with E-state index < -0.39 is 6.09 Å². The summed E-state index contributed by atoms with van der Waals surface area (Å²) >= 11 is 0. The minimum Gasteiger partial charge on any atom is -0.446 e. The number of carbonyl (C=O) groups is 1. The number of piperidine rings is 1. The van der Waals surface area contributed by atoms with Crippen LogP contribution in [0, 0.1) is 0 Å². The summed E-state index contributed by atoms with van der Waals surface area (Å²) < 4.78 is 5.60. The van der Waals surface area contributed by atoms with Gasteiger partial charge in [0.2, 0.25) is 0 Å². The van der Waals surface area contributed by atoms with Crippen LogP contribution in [0.15, 0.2) is 35.7 Å². The van der Waals surface area contributed by atoms with Crippen LogP contribution < -0.4 is 16.0 Å². The molecule has 0 atom stereocenters. The van der Waals surface area contributed by atoms with Crippen LogP contribution in [0.25, 0.3) is 0 Å². The summed E-state index contributed by atoms with van der Waals surface area (Å²) in [6.45, 7) is 5.61. The number of ether oxygens (including phenoxy) is 1. The normalized spacial score (nSPS) is 14.9. The van der Waals surface area contributed by atoms with Gasteiger partial charge in [0.1, 0.15) is 31.2 Å². The quantitative estimate of drug-likeness (QED) is 0.552. The first-order valence-corrected chi connectivity index (χ1v) is 9.97. The molecule has 1 aliphatic rings. The van der Waals surface area contributed by atoms with Crippen molar-refractivity contribution in [2.45, 2.75) is 38.7 Å². The molecule has 9 nitrogen and oxygen atoms in total. The second kappa shape index (κ2) is 9.91. The molecular weight excluding hydrogens is 384 g/mol. The van der Waals surface area contributed by atoms with Gasteiger partial charge in [-0.15, -0.1) is 0 Å². The first-order chi connectivity index (χ1) is 14.5. The Morgan fingerprint density at radius 1 is 1.27 bits per heavy atom. The number of carbonyl (C=O) groups excluding carboxylic acids is 1. The first kappa shape index (κ1) is 21.4. The molecule has 2 aromatic rings. The highest BCUT2D eigenvalue weighted by Gasteiger charge is 2.25. The van der Waals surface area contributed by atoms with Gasteiger partial charge in [-0.25, -0.2) is 14.8 Å². The van der Waals surface area contributed by atoms with Crippen LogP contribution in [0.5, 0.6) is 0 Å². The first-order valence-electron chi connectivity index (χ1n) is 9.97. The van der Waals surface area contributed by atoms with E-state index in [2.05, 4.69) is 39.2 Å². The molecule has 0 saturated carbocycles. The number of oxime groups is 1. The lowest BCUT2D eigenvalue weighted by Gasteiger charge is -2.33. The van der Waals surface area contributed by atoms with Crippen molar-refractivity contribution in [1.29, 1.82) is 0 Å². The number of amides is 1. The molecule has 160 valence electrons. The fraction of sp³-hybridized carbons (Fsp3) is 0.429. The summed E-state index contributed by atoms with van der Waals surface area (Å²) in [4.78, 5) is 27.4. The topological polar surface area (TPSA) is 115 Å². The lowest BCUT2D eigenvalue weighted by atomic mass is 10.0. The average molecular weight is 412 g/mol. The van der Waals surface area contributed by atoms with E-state index in [1.54, 1.807) is 0 Å². The fourth-order valence-electron chi connectivity index (χ4n) is 3.32. The highest BCUT2D eigenvalue weighted by Crippen LogP contribution is 2.25. The molecule has 0 unspecified atom stereocenters. The lowest BCUT2D eigenvalue weighted by Crippen LogP contribution is -2.39. The van der Waals surface area contributed by atoms with Gasteiger partial charge in [0.15, 0.2) is 0 Å². The molecule has 1 fully saturated rings. The Hall–Kier alpha value is -3.36. The second-order valence-corrected chi connectivity index (χ2v) is 7.41. The lowest BCUT2D eigenvalue weighted by molar-refractivity contribution is 0.0950. The van der Waals surface area contributed by atoms with E-state index in [9.17, 15) is 4.79 Å². The Morgan fingerprint density at radius 2 is 1.97 bits per heavy atom. The van der Waals surface area contributed by atoms with Crippen LogP contribution >= 0.6 is 0 Å². The molecule has 1 saturated heterocycles. The molecular formula is C21H28N6O3. The maximum absolute atomic E-state index is 12.3. The van der Waals surface area contributed by atoms with Crippen molar-refractivity contribution >= 4 is 29.6 Å². The molecule has 1 aromatic carbocycles. The van der Waals surface area contributed by atoms with Crippen LogP contribution in [0.3, 0.4) is 0 Å². The number of aromatic nitrogens is 2. The molecule has 30 heavy (non-hydrogen) atoms. The number of nitrogens with two attached hydrogens (primary N) is 1. The summed E-state index contributed by atoms with van der Waals surface area (Å²) in [6, 6.07) is 7.80. The van der Waals surface area contributed by atoms with Crippen LogP contribution in [0.4, 0.5) is 22.1 Å². The summed E-state index contributed by atoms with van der Waals surface area (Å²) in [6.07, 6.45) is 3.70. The predicted octanol–water partition coefficient (Wildman–Crippen LogP) is 3.38. The van der Waals surface area contributed by atoms with Gasteiger partial charge in [-0.05, 0) is 23.6 Å². The molecule has 0 bridgehead atoms. The van der Waals surface area contributed by atoms with E-state index in [0.717, 1.165) is 5.69 Å². The molecule has 1 aromatic heterocycles. The molecule has 9 heteroatoms. The van der Waals surface area contributed by atoms with Crippen molar-refractivity contribution < 1.29 is 14.4 Å². The van der Waals surface area contributed by atoms with Gasteiger partial charge in [0.05, 0.1) is 11.8 Å². The zero-order valence-electron chi connectivity index (χ0n) is 17.5. The van der Waals surface area contributed by atoms with E-state index in [1.807, 2.05) is 24.3 Å². The maximum atomic E-state index is 12.3. The minimum absolute atomic E-state index is 0.161. The van der Waals surface area contributed by atoms with E-state index in [4.69, 9.17) is 15.3 Å². The highest BCUT2D eigenvalue weighted by molar-refractivity contribution is 5.91. The van der Waals surface area contributed by atoms with Gasteiger partial charge in [0, 0.05) is 31.6 Å². The largest absolute Gasteiger partial charge is 0.446 e. The standard InChI is InChI=1S/C21H28N6O3/c1-14(2)15-4-6-16(7-5-15)26-21(28)30-17-8-10-27(11-9-17)20-18(12-25-29-3)19(22)23-13-24-20/h4-7,12-14,17H,8-11H2,1-3H3,(H,26,28)(H2,22,23,24). The Bertz CT molecular complexity index is 877. The number of hydrogen-bond donors (Lipinski definition) is 2. The fourth-order valence-corrected chi connectivity index (χ4v) is 3.32. The van der Waals surface area contributed by atoms with E-state index in [0.29, 0.717) is 49.0 Å². The molecule has 0 radical (unpaired) electrons. The SMILES string of the molecule is CON=Cc1c(N)ncnc1N1CCC(OC(=O)Nc2ccc(C(C)C)cc2)CC1. The van der Waals surface area contributed by atoms with Gasteiger partial charge in [-0.3, -0.25) is 5.32 Å². The molecule has 0 spiro atoms. The minimum atomic E-state index is -0.440. The third kappa shape index (κ3) is 5.37. The number of hydrogen-bond acceptors (Lipinski definition) is 8. The number of anilines is 3. The summed E-state index contributed by atoms with van der Waals surface area (Å²) in [7, 11) is 1.46. The Morgan fingerprint density at radius 3 is 2.60 bits per heavy atom. The van der Waals surface area contributed by atoms with E-state index in [-0.39, 0.29) is 6.10 Å². The molecule has 1 amide bonds. The van der Waals surface area contributed by atoms with Gasteiger partial charge in [-0.2, -0.15) is 0 Å². The Kier molecular flexibility index (Phi) is 7.05. The smallest absolute Gasteiger partial charge is 0.411 e. The number of nitrogens with one attached hydrogen (secondary N) is 1. The van der Waals surface area contributed by atoms with E-state index in [1.165, 1.54) is 25.2 Å². The van der Waals surface area contributed by atoms with Crippen LogP contribution in [0.1, 0.15) is 43.7 Å². The Labute approximate surface area is 176 Å².